The standard InChI is InChI=1S/C15H20ClNO2/c1-10-13(15(18)19)8-11(16)9-14(10)17-12-6-4-2-3-5-7-12/h8-9,12,17H,2-7H2,1H3,(H,18,19)/p-1. The molecule has 0 amide bonds. The van der Waals surface area contributed by atoms with Gasteiger partial charge in [-0.15, -0.1) is 0 Å². The van der Waals surface area contributed by atoms with Crippen LogP contribution in [-0.2, 0) is 0 Å². The first-order valence-electron chi connectivity index (χ1n) is 6.86. The van der Waals surface area contributed by atoms with Crippen LogP contribution in [0.3, 0.4) is 0 Å². The molecule has 0 unspecified atom stereocenters. The molecule has 2 rings (SSSR count). The molecule has 0 aliphatic heterocycles. The van der Waals surface area contributed by atoms with E-state index in [2.05, 4.69) is 5.32 Å². The highest BCUT2D eigenvalue weighted by atomic mass is 35.5. The SMILES string of the molecule is Cc1c(NC2CCCCCC2)cc(Cl)cc1C(=O)[O-]. The molecule has 0 aromatic heterocycles. The molecule has 0 heterocycles. The summed E-state index contributed by atoms with van der Waals surface area (Å²) in [6.45, 7) is 1.79. The highest BCUT2D eigenvalue weighted by molar-refractivity contribution is 6.31. The van der Waals surface area contributed by atoms with Crippen molar-refractivity contribution in [3.05, 3.63) is 28.3 Å². The minimum atomic E-state index is -1.18. The molecule has 0 radical (unpaired) electrons. The fourth-order valence-electron chi connectivity index (χ4n) is 2.68. The van der Waals surface area contributed by atoms with Gasteiger partial charge in [0.05, 0.1) is 5.97 Å². The molecule has 3 nitrogen and oxygen atoms in total. The largest absolute Gasteiger partial charge is 0.545 e. The van der Waals surface area contributed by atoms with E-state index in [1.54, 1.807) is 13.0 Å². The van der Waals surface area contributed by atoms with E-state index < -0.39 is 5.97 Å². The molecule has 1 aliphatic rings. The molecule has 0 bridgehead atoms. The Morgan fingerprint density at radius 2 is 1.89 bits per heavy atom. The zero-order chi connectivity index (χ0) is 13.8. The summed E-state index contributed by atoms with van der Waals surface area (Å²) >= 11 is 5.98. The molecule has 1 aromatic carbocycles. The highest BCUT2D eigenvalue weighted by Crippen LogP contribution is 2.28. The maximum absolute atomic E-state index is 11.1. The fraction of sp³-hybridized carbons (Fsp3) is 0.533. The second-order valence-corrected chi connectivity index (χ2v) is 5.68. The van der Waals surface area contributed by atoms with Gasteiger partial charge in [-0.1, -0.05) is 37.3 Å². The third-order valence-electron chi connectivity index (χ3n) is 3.81. The van der Waals surface area contributed by atoms with E-state index in [4.69, 9.17) is 11.6 Å². The van der Waals surface area contributed by atoms with Gasteiger partial charge in [-0.25, -0.2) is 0 Å². The zero-order valence-electron chi connectivity index (χ0n) is 11.2. The number of hydrogen-bond donors (Lipinski definition) is 1. The van der Waals surface area contributed by atoms with Gasteiger partial charge in [0.2, 0.25) is 0 Å². The number of rotatable bonds is 3. The summed E-state index contributed by atoms with van der Waals surface area (Å²) in [6.07, 6.45) is 7.29. The predicted molar refractivity (Wildman–Crippen MR) is 75.6 cm³/mol. The Kier molecular flexibility index (Phi) is 4.70. The van der Waals surface area contributed by atoms with Gasteiger partial charge in [-0.05, 0) is 37.5 Å². The summed E-state index contributed by atoms with van der Waals surface area (Å²) in [4.78, 5) is 11.1. The predicted octanol–water partition coefficient (Wildman–Crippen LogP) is 3.15. The van der Waals surface area contributed by atoms with Crippen molar-refractivity contribution in [3.63, 3.8) is 0 Å². The first-order chi connectivity index (χ1) is 9.08. The van der Waals surface area contributed by atoms with Gasteiger partial charge in [0.15, 0.2) is 0 Å². The summed E-state index contributed by atoms with van der Waals surface area (Å²) in [5, 5.41) is 15.0. The van der Waals surface area contributed by atoms with Crippen LogP contribution in [0, 0.1) is 6.92 Å². The third kappa shape index (κ3) is 3.63. The molecule has 19 heavy (non-hydrogen) atoms. The van der Waals surface area contributed by atoms with E-state index in [9.17, 15) is 9.90 Å². The molecule has 0 saturated heterocycles. The normalized spacial score (nSPS) is 16.9. The van der Waals surface area contributed by atoms with Crippen LogP contribution in [0.4, 0.5) is 5.69 Å². The molecule has 1 aromatic rings. The number of carboxylic acid groups (broad SMARTS) is 1. The van der Waals surface area contributed by atoms with E-state index in [0.29, 0.717) is 16.6 Å². The molecule has 1 N–H and O–H groups in total. The average molecular weight is 281 g/mol. The topological polar surface area (TPSA) is 52.2 Å². The number of halogens is 1. The Morgan fingerprint density at radius 1 is 1.26 bits per heavy atom. The first kappa shape index (κ1) is 14.2. The lowest BCUT2D eigenvalue weighted by molar-refractivity contribution is -0.255. The van der Waals surface area contributed by atoms with Gasteiger partial charge in [0.25, 0.3) is 0 Å². The Hall–Kier alpha value is -1.22. The van der Waals surface area contributed by atoms with Crippen LogP contribution in [0.1, 0.15) is 54.4 Å². The Bertz CT molecular complexity index is 465. The van der Waals surface area contributed by atoms with Gasteiger partial charge in [-0.3, -0.25) is 0 Å². The van der Waals surface area contributed by atoms with Crippen LogP contribution in [0.15, 0.2) is 12.1 Å². The monoisotopic (exact) mass is 280 g/mol. The second-order valence-electron chi connectivity index (χ2n) is 5.25. The van der Waals surface area contributed by atoms with Gasteiger partial charge < -0.3 is 15.2 Å². The molecule has 1 aliphatic carbocycles. The lowest BCUT2D eigenvalue weighted by Gasteiger charge is -2.21. The summed E-state index contributed by atoms with van der Waals surface area (Å²) in [5.41, 5.74) is 1.69. The summed E-state index contributed by atoms with van der Waals surface area (Å²) in [6, 6.07) is 3.66. The van der Waals surface area contributed by atoms with Crippen molar-refractivity contribution >= 4 is 23.3 Å². The quantitative estimate of drug-likeness (QED) is 0.866. The molecule has 104 valence electrons. The third-order valence-corrected chi connectivity index (χ3v) is 4.03. The number of hydrogen-bond acceptors (Lipinski definition) is 3. The smallest absolute Gasteiger partial charge is 0.0719 e. The van der Waals surface area contributed by atoms with Gasteiger partial charge in [-0.2, -0.15) is 0 Å². The van der Waals surface area contributed by atoms with Crippen LogP contribution in [-0.4, -0.2) is 12.0 Å². The second kappa shape index (κ2) is 6.29. The van der Waals surface area contributed by atoms with Crippen molar-refractivity contribution in [2.24, 2.45) is 0 Å². The van der Waals surface area contributed by atoms with Crippen LogP contribution in [0.5, 0.6) is 0 Å². The number of carbonyl (C=O) groups excluding carboxylic acids is 1. The number of carbonyl (C=O) groups is 1. The van der Waals surface area contributed by atoms with Crippen molar-refractivity contribution in [3.8, 4) is 0 Å². The summed E-state index contributed by atoms with van der Waals surface area (Å²) < 4.78 is 0. The van der Waals surface area contributed by atoms with Crippen LogP contribution in [0.2, 0.25) is 5.02 Å². The molecule has 1 saturated carbocycles. The zero-order valence-corrected chi connectivity index (χ0v) is 11.9. The Labute approximate surface area is 119 Å². The Balaban J connectivity index is 2.21. The van der Waals surface area contributed by atoms with Crippen molar-refractivity contribution in [2.45, 2.75) is 51.5 Å². The van der Waals surface area contributed by atoms with Crippen LogP contribution < -0.4 is 10.4 Å². The van der Waals surface area contributed by atoms with Crippen molar-refractivity contribution in [1.82, 2.24) is 0 Å². The van der Waals surface area contributed by atoms with Gasteiger partial charge >= 0.3 is 0 Å². The number of benzene rings is 1. The van der Waals surface area contributed by atoms with E-state index in [-0.39, 0.29) is 5.56 Å². The average Bonchev–Trinajstić information content (AvgIpc) is 2.61. The minimum Gasteiger partial charge on any atom is -0.545 e. The summed E-state index contributed by atoms with van der Waals surface area (Å²) in [5.74, 6) is -1.18. The number of carboxylic acids is 1. The van der Waals surface area contributed by atoms with Gasteiger partial charge in [0.1, 0.15) is 0 Å². The molecule has 4 heteroatoms. The number of anilines is 1. The molecule has 1 fully saturated rings. The summed E-state index contributed by atoms with van der Waals surface area (Å²) in [7, 11) is 0. The number of nitrogens with one attached hydrogen (secondary N) is 1. The molecule has 0 spiro atoms. The van der Waals surface area contributed by atoms with Crippen LogP contribution >= 0.6 is 11.6 Å². The van der Waals surface area contributed by atoms with E-state index in [1.807, 2.05) is 0 Å². The molecular weight excluding hydrogens is 262 g/mol. The maximum atomic E-state index is 11.1. The number of aromatic carboxylic acids is 1. The maximum Gasteiger partial charge on any atom is 0.0719 e. The van der Waals surface area contributed by atoms with Crippen molar-refractivity contribution in [1.29, 1.82) is 0 Å². The molecular formula is C15H19ClNO2-. The first-order valence-corrected chi connectivity index (χ1v) is 7.24. The molecule has 0 atom stereocenters. The van der Waals surface area contributed by atoms with Crippen molar-refractivity contribution < 1.29 is 9.90 Å². The Morgan fingerprint density at radius 3 is 2.47 bits per heavy atom. The highest BCUT2D eigenvalue weighted by Gasteiger charge is 2.14. The van der Waals surface area contributed by atoms with E-state index in [0.717, 1.165) is 18.5 Å². The lowest BCUT2D eigenvalue weighted by atomic mass is 10.0. The van der Waals surface area contributed by atoms with E-state index >= 15 is 0 Å². The lowest BCUT2D eigenvalue weighted by Crippen LogP contribution is -2.25. The van der Waals surface area contributed by atoms with E-state index in [1.165, 1.54) is 31.7 Å². The van der Waals surface area contributed by atoms with Gasteiger partial charge in [0, 0.05) is 22.3 Å². The van der Waals surface area contributed by atoms with Crippen molar-refractivity contribution in [2.75, 3.05) is 5.32 Å². The fourth-order valence-corrected chi connectivity index (χ4v) is 2.90. The minimum absolute atomic E-state index is 0.170. The van der Waals surface area contributed by atoms with Crippen LogP contribution in [0.25, 0.3) is 0 Å².